The third kappa shape index (κ3) is 5.65. The van der Waals surface area contributed by atoms with E-state index >= 15 is 0 Å². The van der Waals surface area contributed by atoms with Crippen molar-refractivity contribution in [1.82, 2.24) is 14.8 Å². The van der Waals surface area contributed by atoms with Gasteiger partial charge in [-0.15, -0.1) is 22.0 Å². The fourth-order valence-corrected chi connectivity index (χ4v) is 4.05. The second-order valence-corrected chi connectivity index (χ2v) is 8.53. The molecule has 2 aromatic heterocycles. The van der Waals surface area contributed by atoms with Gasteiger partial charge >= 0.3 is 0 Å². The number of aromatic nitrogens is 3. The van der Waals surface area contributed by atoms with Crippen LogP contribution < -0.4 is 5.32 Å². The molecule has 0 spiro atoms. The zero-order valence-corrected chi connectivity index (χ0v) is 17.8. The summed E-state index contributed by atoms with van der Waals surface area (Å²) in [5.41, 5.74) is 0.707. The number of carbonyl (C=O) groups is 1. The standard InChI is InChI=1S/C20H21N5O2S2/c1-14(2)12-25-19(16-7-5-10-27-16)23-24-20(25)29-13-18(26)22-15-6-3-4-8-17(15)28-11-9-21/h3-8,10,14H,11-13H2,1-2H3,(H,22,26). The number of thioether (sulfide) groups is 2. The highest BCUT2D eigenvalue weighted by Crippen LogP contribution is 2.28. The van der Waals surface area contributed by atoms with Crippen LogP contribution in [-0.4, -0.2) is 32.2 Å². The van der Waals surface area contributed by atoms with Crippen LogP contribution in [0.2, 0.25) is 0 Å². The Morgan fingerprint density at radius 3 is 2.79 bits per heavy atom. The molecule has 1 amide bonds. The Labute approximate surface area is 177 Å². The minimum Gasteiger partial charge on any atom is -0.461 e. The average Bonchev–Trinajstić information content (AvgIpc) is 3.35. The first-order valence-electron chi connectivity index (χ1n) is 9.07. The molecule has 0 unspecified atom stereocenters. The van der Waals surface area contributed by atoms with Gasteiger partial charge in [0.05, 0.1) is 29.5 Å². The first-order chi connectivity index (χ1) is 14.1. The predicted molar refractivity (Wildman–Crippen MR) is 115 cm³/mol. The lowest BCUT2D eigenvalue weighted by atomic mass is 10.2. The van der Waals surface area contributed by atoms with Crippen molar-refractivity contribution >= 4 is 35.1 Å². The quantitative estimate of drug-likeness (QED) is 0.501. The van der Waals surface area contributed by atoms with Crippen LogP contribution in [0.5, 0.6) is 0 Å². The highest BCUT2D eigenvalue weighted by molar-refractivity contribution is 8.00. The summed E-state index contributed by atoms with van der Waals surface area (Å²) in [6, 6.07) is 13.2. The number of amides is 1. The number of nitrogens with one attached hydrogen (secondary N) is 1. The lowest BCUT2D eigenvalue weighted by Gasteiger charge is -2.12. The summed E-state index contributed by atoms with van der Waals surface area (Å²) in [7, 11) is 0. The van der Waals surface area contributed by atoms with Gasteiger partial charge in [-0.1, -0.05) is 37.7 Å². The van der Waals surface area contributed by atoms with Gasteiger partial charge in [-0.2, -0.15) is 5.26 Å². The van der Waals surface area contributed by atoms with E-state index in [2.05, 4.69) is 35.4 Å². The van der Waals surface area contributed by atoms with Crippen LogP contribution >= 0.6 is 23.5 Å². The van der Waals surface area contributed by atoms with Crippen LogP contribution in [0, 0.1) is 17.2 Å². The molecule has 7 nitrogen and oxygen atoms in total. The van der Waals surface area contributed by atoms with E-state index in [1.165, 1.54) is 23.5 Å². The van der Waals surface area contributed by atoms with E-state index in [0.29, 0.717) is 34.1 Å². The first-order valence-corrected chi connectivity index (χ1v) is 11.0. The summed E-state index contributed by atoms with van der Waals surface area (Å²) in [6.07, 6.45) is 1.60. The topological polar surface area (TPSA) is 96.7 Å². The molecule has 0 aliphatic carbocycles. The number of carbonyl (C=O) groups excluding carboxylic acids is 1. The molecule has 1 aromatic carbocycles. The zero-order chi connectivity index (χ0) is 20.6. The SMILES string of the molecule is CC(C)Cn1c(SCC(=O)Nc2ccccc2SCC#N)nnc1-c1ccco1. The van der Waals surface area contributed by atoms with Gasteiger partial charge in [0.25, 0.3) is 0 Å². The van der Waals surface area contributed by atoms with Crippen molar-refractivity contribution in [1.29, 1.82) is 5.26 Å². The summed E-state index contributed by atoms with van der Waals surface area (Å²) in [4.78, 5) is 13.4. The van der Waals surface area contributed by atoms with Crippen molar-refractivity contribution in [3.05, 3.63) is 42.7 Å². The number of nitrogens with zero attached hydrogens (tertiary/aromatic N) is 4. The third-order valence-corrected chi connectivity index (χ3v) is 5.70. The molecule has 0 bridgehead atoms. The van der Waals surface area contributed by atoms with E-state index in [4.69, 9.17) is 9.68 Å². The Kier molecular flexibility index (Phi) is 7.38. The number of para-hydroxylation sites is 1. The van der Waals surface area contributed by atoms with E-state index < -0.39 is 0 Å². The Morgan fingerprint density at radius 2 is 2.07 bits per heavy atom. The molecule has 150 valence electrons. The minimum absolute atomic E-state index is 0.140. The smallest absolute Gasteiger partial charge is 0.234 e. The van der Waals surface area contributed by atoms with Gasteiger partial charge in [0, 0.05) is 11.4 Å². The largest absolute Gasteiger partial charge is 0.461 e. The highest BCUT2D eigenvalue weighted by atomic mass is 32.2. The Hall–Kier alpha value is -2.70. The number of rotatable bonds is 9. The predicted octanol–water partition coefficient (Wildman–Crippen LogP) is 4.54. The summed E-state index contributed by atoms with van der Waals surface area (Å²) in [5, 5.41) is 20.9. The first kappa shape index (κ1) is 21.0. The minimum atomic E-state index is -0.140. The second-order valence-electron chi connectivity index (χ2n) is 6.57. The van der Waals surface area contributed by atoms with Crippen LogP contribution in [0.1, 0.15) is 13.8 Å². The van der Waals surface area contributed by atoms with Crippen molar-refractivity contribution in [3.63, 3.8) is 0 Å². The van der Waals surface area contributed by atoms with Gasteiger partial charge < -0.3 is 9.73 Å². The maximum absolute atomic E-state index is 12.5. The van der Waals surface area contributed by atoms with Crippen molar-refractivity contribution in [2.45, 2.75) is 30.4 Å². The molecule has 0 aliphatic rings. The number of benzene rings is 1. The van der Waals surface area contributed by atoms with Crippen molar-refractivity contribution < 1.29 is 9.21 Å². The molecule has 0 radical (unpaired) electrons. The maximum atomic E-state index is 12.5. The van der Waals surface area contributed by atoms with Crippen LogP contribution in [0.15, 0.2) is 57.1 Å². The fraction of sp³-hybridized carbons (Fsp3) is 0.300. The average molecular weight is 428 g/mol. The molecule has 0 fully saturated rings. The fourth-order valence-electron chi connectivity index (χ4n) is 2.64. The van der Waals surface area contributed by atoms with Crippen molar-refractivity contribution in [2.75, 3.05) is 16.8 Å². The molecule has 3 rings (SSSR count). The molecule has 3 aromatic rings. The van der Waals surface area contributed by atoms with Crippen molar-refractivity contribution in [2.24, 2.45) is 5.92 Å². The van der Waals surface area contributed by atoms with Gasteiger partial charge in [-0.25, -0.2) is 0 Å². The van der Waals surface area contributed by atoms with Crippen molar-refractivity contribution in [3.8, 4) is 17.7 Å². The number of furan rings is 1. The van der Waals surface area contributed by atoms with Gasteiger partial charge in [0.1, 0.15) is 0 Å². The Morgan fingerprint density at radius 1 is 1.24 bits per heavy atom. The van der Waals surface area contributed by atoms with Gasteiger partial charge in [0.15, 0.2) is 16.7 Å². The number of hydrogen-bond donors (Lipinski definition) is 1. The van der Waals surface area contributed by atoms with Crippen LogP contribution in [0.3, 0.4) is 0 Å². The molecule has 0 atom stereocenters. The molecule has 0 saturated carbocycles. The monoisotopic (exact) mass is 427 g/mol. The second kappa shape index (κ2) is 10.2. The van der Waals surface area contributed by atoms with Gasteiger partial charge in [-0.3, -0.25) is 9.36 Å². The van der Waals surface area contributed by atoms with E-state index in [0.717, 1.165) is 11.4 Å². The van der Waals surface area contributed by atoms with E-state index in [1.807, 2.05) is 41.0 Å². The summed E-state index contributed by atoms with van der Waals surface area (Å²) in [5.74, 6) is 2.08. The maximum Gasteiger partial charge on any atom is 0.234 e. The lowest BCUT2D eigenvalue weighted by Crippen LogP contribution is -2.15. The van der Waals surface area contributed by atoms with Gasteiger partial charge in [-0.05, 0) is 30.2 Å². The van der Waals surface area contributed by atoms with E-state index in [-0.39, 0.29) is 11.7 Å². The normalized spacial score (nSPS) is 10.8. The zero-order valence-electron chi connectivity index (χ0n) is 16.2. The molecule has 29 heavy (non-hydrogen) atoms. The summed E-state index contributed by atoms with van der Waals surface area (Å²) < 4.78 is 7.45. The van der Waals surface area contributed by atoms with Crippen LogP contribution in [-0.2, 0) is 11.3 Å². The molecule has 1 N–H and O–H groups in total. The summed E-state index contributed by atoms with van der Waals surface area (Å²) >= 11 is 2.73. The highest BCUT2D eigenvalue weighted by Gasteiger charge is 2.18. The van der Waals surface area contributed by atoms with E-state index in [9.17, 15) is 4.79 Å². The third-order valence-electron chi connectivity index (χ3n) is 3.79. The van der Waals surface area contributed by atoms with Gasteiger partial charge in [0.2, 0.25) is 5.91 Å². The molecule has 0 saturated heterocycles. The number of hydrogen-bond acceptors (Lipinski definition) is 7. The Balaban J connectivity index is 1.69. The van der Waals surface area contributed by atoms with E-state index in [1.54, 1.807) is 6.26 Å². The molecule has 2 heterocycles. The Bertz CT molecular complexity index is 993. The molecule has 9 heteroatoms. The van der Waals surface area contributed by atoms with Crippen LogP contribution in [0.4, 0.5) is 5.69 Å². The number of nitriles is 1. The van der Waals surface area contributed by atoms with Crippen LogP contribution in [0.25, 0.3) is 11.6 Å². The summed E-state index contributed by atoms with van der Waals surface area (Å²) in [6.45, 7) is 4.95. The lowest BCUT2D eigenvalue weighted by molar-refractivity contribution is -0.113. The number of anilines is 1. The molecular formula is C20H21N5O2S2. The molecular weight excluding hydrogens is 406 g/mol. The molecule has 0 aliphatic heterocycles.